The first-order chi connectivity index (χ1) is 9.97. The molecule has 1 aromatic heterocycles. The van der Waals surface area contributed by atoms with E-state index in [1.54, 1.807) is 29.6 Å². The third-order valence-corrected chi connectivity index (χ3v) is 3.11. The molecule has 1 aromatic rings. The van der Waals surface area contributed by atoms with Crippen molar-refractivity contribution in [3.8, 4) is 0 Å². The predicted molar refractivity (Wildman–Crippen MR) is 81.0 cm³/mol. The number of pyridine rings is 1. The second kappa shape index (κ2) is 6.25. The molecule has 1 aliphatic rings. The first-order valence-electron chi connectivity index (χ1n) is 6.58. The Morgan fingerprint density at radius 2 is 2.24 bits per heavy atom. The fraction of sp³-hybridized carbons (Fsp3) is 0.357. The van der Waals surface area contributed by atoms with Crippen LogP contribution in [0.4, 0.5) is 10.5 Å². The number of amides is 1. The van der Waals surface area contributed by atoms with Crippen molar-refractivity contribution in [3.63, 3.8) is 0 Å². The van der Waals surface area contributed by atoms with Gasteiger partial charge in [0.05, 0.1) is 12.0 Å². The van der Waals surface area contributed by atoms with Gasteiger partial charge in [-0.1, -0.05) is 0 Å². The first kappa shape index (κ1) is 14.8. The highest BCUT2D eigenvalue weighted by atomic mass is 16.4. The monoisotopic (exact) mass is 290 g/mol. The van der Waals surface area contributed by atoms with Crippen LogP contribution < -0.4 is 5.56 Å². The number of aliphatic imine (C=N–C) groups is 1. The topological polar surface area (TPSA) is 78.1 Å². The van der Waals surface area contributed by atoms with Crippen molar-refractivity contribution in [1.82, 2.24) is 14.4 Å². The minimum atomic E-state index is -0.939. The van der Waals surface area contributed by atoms with Crippen molar-refractivity contribution in [2.75, 3.05) is 27.2 Å². The lowest BCUT2D eigenvalue weighted by atomic mass is 10.2. The average molecular weight is 290 g/mol. The maximum atomic E-state index is 12.1. The Balaban J connectivity index is 2.19. The van der Waals surface area contributed by atoms with Crippen LogP contribution >= 0.6 is 0 Å². The molecule has 0 aromatic carbocycles. The molecule has 0 aliphatic carbocycles. The van der Waals surface area contributed by atoms with Crippen molar-refractivity contribution in [2.24, 2.45) is 4.99 Å². The van der Waals surface area contributed by atoms with E-state index >= 15 is 0 Å². The van der Waals surface area contributed by atoms with Gasteiger partial charge in [0, 0.05) is 51.6 Å². The standard InChI is InChI=1S/C14H18N4O3/c1-16(2)10-15-11-3-8-18(13(19)9-11)12-4-6-17(7-5-12)14(20)21/h3-4,8-10H,5-7H2,1-2H3,(H,20,21)/b15-10-. The molecule has 0 fully saturated rings. The van der Waals surface area contributed by atoms with E-state index < -0.39 is 6.09 Å². The third-order valence-electron chi connectivity index (χ3n) is 3.11. The van der Waals surface area contributed by atoms with Gasteiger partial charge in [-0.15, -0.1) is 0 Å². The van der Waals surface area contributed by atoms with E-state index in [0.29, 0.717) is 25.2 Å². The molecule has 2 heterocycles. The molecule has 112 valence electrons. The van der Waals surface area contributed by atoms with E-state index in [1.807, 2.05) is 14.1 Å². The Morgan fingerprint density at radius 3 is 2.76 bits per heavy atom. The number of carbonyl (C=O) groups is 1. The van der Waals surface area contributed by atoms with E-state index in [-0.39, 0.29) is 5.56 Å². The molecule has 0 spiro atoms. The molecule has 1 amide bonds. The van der Waals surface area contributed by atoms with Crippen molar-refractivity contribution in [1.29, 1.82) is 0 Å². The van der Waals surface area contributed by atoms with E-state index in [0.717, 1.165) is 5.70 Å². The Morgan fingerprint density at radius 1 is 1.48 bits per heavy atom. The quantitative estimate of drug-likeness (QED) is 0.672. The number of hydrogen-bond donors (Lipinski definition) is 1. The van der Waals surface area contributed by atoms with Gasteiger partial charge in [0.25, 0.3) is 5.56 Å². The highest BCUT2D eigenvalue weighted by Crippen LogP contribution is 2.16. The lowest BCUT2D eigenvalue weighted by Crippen LogP contribution is -2.35. The molecule has 21 heavy (non-hydrogen) atoms. The molecule has 0 unspecified atom stereocenters. The van der Waals surface area contributed by atoms with Crippen LogP contribution in [0.2, 0.25) is 0 Å². The molecule has 0 atom stereocenters. The summed E-state index contributed by atoms with van der Waals surface area (Å²) in [4.78, 5) is 30.2. The zero-order valence-corrected chi connectivity index (χ0v) is 12.1. The van der Waals surface area contributed by atoms with Crippen molar-refractivity contribution >= 4 is 23.8 Å². The van der Waals surface area contributed by atoms with Gasteiger partial charge in [0.15, 0.2) is 0 Å². The second-order valence-corrected chi connectivity index (χ2v) is 4.98. The summed E-state index contributed by atoms with van der Waals surface area (Å²) in [5.41, 5.74) is 1.24. The molecule has 7 heteroatoms. The fourth-order valence-electron chi connectivity index (χ4n) is 2.02. The number of rotatable bonds is 3. The Hall–Kier alpha value is -2.57. The molecule has 0 bridgehead atoms. The summed E-state index contributed by atoms with van der Waals surface area (Å²) in [6.07, 6.45) is 4.65. The van der Waals surface area contributed by atoms with Crippen LogP contribution in [-0.4, -0.2) is 59.1 Å². The molecular weight excluding hydrogens is 272 g/mol. The van der Waals surface area contributed by atoms with Gasteiger partial charge in [0.1, 0.15) is 0 Å². The lowest BCUT2D eigenvalue weighted by Gasteiger charge is -2.24. The highest BCUT2D eigenvalue weighted by Gasteiger charge is 2.17. The van der Waals surface area contributed by atoms with Gasteiger partial charge in [-0.25, -0.2) is 9.79 Å². The molecule has 1 aliphatic heterocycles. The summed E-state index contributed by atoms with van der Waals surface area (Å²) >= 11 is 0. The number of carboxylic acid groups (broad SMARTS) is 1. The van der Waals surface area contributed by atoms with E-state index in [2.05, 4.69) is 4.99 Å². The minimum Gasteiger partial charge on any atom is -0.465 e. The highest BCUT2D eigenvalue weighted by molar-refractivity contribution is 5.67. The molecule has 0 saturated carbocycles. The van der Waals surface area contributed by atoms with Gasteiger partial charge >= 0.3 is 6.09 Å². The van der Waals surface area contributed by atoms with E-state index in [9.17, 15) is 9.59 Å². The predicted octanol–water partition coefficient (Wildman–Crippen LogP) is 1.29. The fourth-order valence-corrected chi connectivity index (χ4v) is 2.02. The van der Waals surface area contributed by atoms with E-state index in [4.69, 9.17) is 5.11 Å². The van der Waals surface area contributed by atoms with Gasteiger partial charge < -0.3 is 14.9 Å². The van der Waals surface area contributed by atoms with Crippen LogP contribution in [0, 0.1) is 0 Å². The van der Waals surface area contributed by atoms with Gasteiger partial charge in [-0.2, -0.15) is 0 Å². The number of nitrogens with zero attached hydrogens (tertiary/aromatic N) is 4. The van der Waals surface area contributed by atoms with Crippen molar-refractivity contribution in [2.45, 2.75) is 6.42 Å². The van der Waals surface area contributed by atoms with Crippen LogP contribution in [0.25, 0.3) is 5.70 Å². The zero-order chi connectivity index (χ0) is 15.4. The number of aromatic nitrogens is 1. The minimum absolute atomic E-state index is 0.168. The lowest BCUT2D eigenvalue weighted by molar-refractivity contribution is 0.150. The zero-order valence-electron chi connectivity index (χ0n) is 12.1. The normalized spacial score (nSPS) is 15.1. The molecule has 7 nitrogen and oxygen atoms in total. The van der Waals surface area contributed by atoms with Crippen LogP contribution in [0.3, 0.4) is 0 Å². The van der Waals surface area contributed by atoms with Gasteiger partial charge in [-0.3, -0.25) is 9.36 Å². The van der Waals surface area contributed by atoms with E-state index in [1.165, 1.54) is 15.5 Å². The maximum absolute atomic E-state index is 12.1. The summed E-state index contributed by atoms with van der Waals surface area (Å²) in [5.74, 6) is 0. The van der Waals surface area contributed by atoms with Crippen LogP contribution in [0.1, 0.15) is 6.42 Å². The second-order valence-electron chi connectivity index (χ2n) is 4.98. The van der Waals surface area contributed by atoms with Crippen molar-refractivity contribution in [3.05, 3.63) is 34.8 Å². The summed E-state index contributed by atoms with van der Waals surface area (Å²) in [6.45, 7) is 0.700. The molecule has 0 radical (unpaired) electrons. The van der Waals surface area contributed by atoms with Crippen LogP contribution in [0.15, 0.2) is 34.2 Å². The Labute approximate surface area is 122 Å². The third kappa shape index (κ3) is 3.71. The Bertz CT molecular complexity index is 646. The first-order valence-corrected chi connectivity index (χ1v) is 6.58. The SMILES string of the molecule is CN(C)/C=N\c1ccn(C2=CCN(C(=O)O)CC2)c(=O)c1. The largest absolute Gasteiger partial charge is 0.465 e. The summed E-state index contributed by atoms with van der Waals surface area (Å²) in [6, 6.07) is 3.22. The summed E-state index contributed by atoms with van der Waals surface area (Å²) < 4.78 is 1.54. The summed E-state index contributed by atoms with van der Waals surface area (Å²) in [5, 5.41) is 8.90. The average Bonchev–Trinajstić information content (AvgIpc) is 2.45. The van der Waals surface area contributed by atoms with Crippen molar-refractivity contribution < 1.29 is 9.90 Å². The van der Waals surface area contributed by atoms with Gasteiger partial charge in [0.2, 0.25) is 0 Å². The molecule has 2 rings (SSSR count). The van der Waals surface area contributed by atoms with Gasteiger partial charge in [-0.05, 0) is 12.1 Å². The Kier molecular flexibility index (Phi) is 4.42. The number of hydrogen-bond acceptors (Lipinski definition) is 3. The molecular formula is C14H18N4O3. The smallest absolute Gasteiger partial charge is 0.407 e. The molecule has 0 saturated heterocycles. The van der Waals surface area contributed by atoms with Crippen LogP contribution in [0.5, 0.6) is 0 Å². The maximum Gasteiger partial charge on any atom is 0.407 e. The summed E-state index contributed by atoms with van der Waals surface area (Å²) in [7, 11) is 3.71. The van der Waals surface area contributed by atoms with Crippen LogP contribution in [-0.2, 0) is 0 Å². The molecule has 1 N–H and O–H groups in total.